The van der Waals surface area contributed by atoms with Gasteiger partial charge < -0.3 is 5.11 Å². The summed E-state index contributed by atoms with van der Waals surface area (Å²) in [6, 6.07) is 7.77. The smallest absolute Gasteiger partial charge is 0.116 e. The molecule has 0 saturated heterocycles. The Bertz CT molecular complexity index is 511. The molecular formula is C17H24ClNO. The highest BCUT2D eigenvalue weighted by molar-refractivity contribution is 5.85. The number of fused-ring (bicyclic) bond motifs is 2. The van der Waals surface area contributed by atoms with Crippen molar-refractivity contribution in [3.63, 3.8) is 0 Å². The first-order chi connectivity index (χ1) is 8.98. The monoisotopic (exact) mass is 293 g/mol. The number of halogens is 1. The number of phenols is 1. The molecule has 20 heavy (non-hydrogen) atoms. The van der Waals surface area contributed by atoms with Gasteiger partial charge >= 0.3 is 0 Å². The van der Waals surface area contributed by atoms with Crippen molar-refractivity contribution < 1.29 is 5.11 Å². The summed E-state index contributed by atoms with van der Waals surface area (Å²) in [5.41, 5.74) is 1.52. The Hall–Kier alpha value is -1.02. The van der Waals surface area contributed by atoms with Crippen LogP contribution in [0.2, 0.25) is 0 Å². The van der Waals surface area contributed by atoms with Crippen LogP contribution in [-0.4, -0.2) is 17.4 Å². The lowest BCUT2D eigenvalue weighted by Gasteiger charge is -2.61. The van der Waals surface area contributed by atoms with Crippen LogP contribution in [0.15, 0.2) is 29.3 Å². The van der Waals surface area contributed by atoms with E-state index < -0.39 is 0 Å². The van der Waals surface area contributed by atoms with Gasteiger partial charge in [0, 0.05) is 6.21 Å². The summed E-state index contributed by atoms with van der Waals surface area (Å²) in [5, 5.41) is 9.46. The lowest BCUT2D eigenvalue weighted by molar-refractivity contribution is -0.108. The highest BCUT2D eigenvalue weighted by Crippen LogP contribution is 2.61. The predicted molar refractivity (Wildman–Crippen MR) is 85.9 cm³/mol. The van der Waals surface area contributed by atoms with Crippen molar-refractivity contribution in [3.05, 3.63) is 29.8 Å². The molecule has 1 N–H and O–H groups in total. The normalized spacial score (nSPS) is 34.4. The first-order valence-corrected chi connectivity index (χ1v) is 7.30. The topological polar surface area (TPSA) is 32.6 Å². The maximum absolute atomic E-state index is 9.46. The fraction of sp³-hybridized carbons (Fsp3) is 0.588. The SMILES string of the molecule is C[C@@H]1[C@H]2C[C@@H](C[C@H]1N=Cc1cccc(O)c1)C2(C)C.Cl. The van der Waals surface area contributed by atoms with Gasteiger partial charge in [0.1, 0.15) is 5.75 Å². The third-order valence-electron chi connectivity index (χ3n) is 5.60. The fourth-order valence-electron chi connectivity index (χ4n) is 4.11. The molecule has 3 saturated carbocycles. The molecule has 1 aromatic rings. The van der Waals surface area contributed by atoms with E-state index in [1.165, 1.54) is 12.8 Å². The van der Waals surface area contributed by atoms with Crippen molar-refractivity contribution in [1.82, 2.24) is 0 Å². The second kappa shape index (κ2) is 5.40. The first-order valence-electron chi connectivity index (χ1n) is 7.30. The van der Waals surface area contributed by atoms with Crippen molar-refractivity contribution in [2.24, 2.45) is 28.2 Å². The third kappa shape index (κ3) is 2.46. The summed E-state index contributed by atoms with van der Waals surface area (Å²) in [4.78, 5) is 4.79. The van der Waals surface area contributed by atoms with E-state index in [2.05, 4.69) is 20.8 Å². The van der Waals surface area contributed by atoms with Gasteiger partial charge in [-0.2, -0.15) is 0 Å². The number of rotatable bonds is 2. The molecular weight excluding hydrogens is 270 g/mol. The minimum Gasteiger partial charge on any atom is -0.508 e. The Balaban J connectivity index is 0.00000147. The van der Waals surface area contributed by atoms with E-state index in [-0.39, 0.29) is 12.4 Å². The maximum atomic E-state index is 9.46. The number of hydrogen-bond acceptors (Lipinski definition) is 2. The van der Waals surface area contributed by atoms with Gasteiger partial charge in [-0.05, 0) is 53.7 Å². The Kier molecular flexibility index (Phi) is 4.15. The molecule has 4 rings (SSSR count). The van der Waals surface area contributed by atoms with E-state index in [0.29, 0.717) is 23.1 Å². The summed E-state index contributed by atoms with van der Waals surface area (Å²) >= 11 is 0. The molecule has 3 aliphatic rings. The molecule has 1 aromatic carbocycles. The van der Waals surface area contributed by atoms with Crippen LogP contribution in [0.5, 0.6) is 5.75 Å². The average molecular weight is 294 g/mol. The standard InChI is InChI=1S/C17H23NO.ClH/c1-11-15-8-13(17(15,2)3)9-16(11)18-10-12-5-4-6-14(19)7-12;/h4-7,10-11,13,15-16,19H,8-9H2,1-3H3;1H/t11-,13+,15-,16-;/m1./s1. The fourth-order valence-corrected chi connectivity index (χ4v) is 4.11. The molecule has 3 heteroatoms. The van der Waals surface area contributed by atoms with Gasteiger partial charge in [-0.1, -0.05) is 32.9 Å². The average Bonchev–Trinajstić information content (AvgIpc) is 2.37. The third-order valence-corrected chi connectivity index (χ3v) is 5.60. The number of aliphatic imine (C=N–C) groups is 1. The molecule has 0 heterocycles. The van der Waals surface area contributed by atoms with Crippen molar-refractivity contribution in [2.75, 3.05) is 0 Å². The summed E-state index contributed by atoms with van der Waals surface area (Å²) in [7, 11) is 0. The van der Waals surface area contributed by atoms with Gasteiger partial charge in [-0.25, -0.2) is 0 Å². The first kappa shape index (κ1) is 15.4. The van der Waals surface area contributed by atoms with Crippen LogP contribution in [0.3, 0.4) is 0 Å². The van der Waals surface area contributed by atoms with E-state index in [1.54, 1.807) is 12.1 Å². The van der Waals surface area contributed by atoms with Crippen LogP contribution in [0.25, 0.3) is 0 Å². The Morgan fingerprint density at radius 1 is 1.30 bits per heavy atom. The minimum absolute atomic E-state index is 0. The number of benzene rings is 1. The van der Waals surface area contributed by atoms with Crippen molar-refractivity contribution in [3.8, 4) is 5.75 Å². The summed E-state index contributed by atoms with van der Waals surface area (Å²) in [6.07, 6.45) is 4.55. The zero-order valence-corrected chi connectivity index (χ0v) is 13.2. The highest BCUT2D eigenvalue weighted by atomic mass is 35.5. The summed E-state index contributed by atoms with van der Waals surface area (Å²) in [6.45, 7) is 7.18. The summed E-state index contributed by atoms with van der Waals surface area (Å²) in [5.74, 6) is 2.66. The van der Waals surface area contributed by atoms with E-state index in [4.69, 9.17) is 4.99 Å². The molecule has 3 aliphatic carbocycles. The second-order valence-electron chi connectivity index (χ2n) is 6.90. The molecule has 110 valence electrons. The quantitative estimate of drug-likeness (QED) is 0.810. The van der Waals surface area contributed by atoms with E-state index >= 15 is 0 Å². The van der Waals surface area contributed by atoms with Gasteiger partial charge in [0.05, 0.1) is 6.04 Å². The van der Waals surface area contributed by atoms with Gasteiger partial charge in [0.2, 0.25) is 0 Å². The molecule has 0 aliphatic heterocycles. The number of hydrogen-bond donors (Lipinski definition) is 1. The molecule has 0 spiro atoms. The summed E-state index contributed by atoms with van der Waals surface area (Å²) < 4.78 is 0. The van der Waals surface area contributed by atoms with Crippen LogP contribution in [-0.2, 0) is 0 Å². The van der Waals surface area contributed by atoms with Crippen LogP contribution < -0.4 is 0 Å². The van der Waals surface area contributed by atoms with Gasteiger partial charge in [-0.3, -0.25) is 4.99 Å². The zero-order chi connectivity index (χ0) is 13.6. The molecule has 2 nitrogen and oxygen atoms in total. The molecule has 0 unspecified atom stereocenters. The van der Waals surface area contributed by atoms with Crippen molar-refractivity contribution in [2.45, 2.75) is 39.7 Å². The second-order valence-corrected chi connectivity index (χ2v) is 6.90. The van der Waals surface area contributed by atoms with Crippen molar-refractivity contribution >= 4 is 18.6 Å². The van der Waals surface area contributed by atoms with E-state index in [1.807, 2.05) is 18.3 Å². The lowest BCUT2D eigenvalue weighted by Crippen LogP contribution is -2.56. The molecule has 0 aromatic heterocycles. The van der Waals surface area contributed by atoms with Crippen LogP contribution in [0.4, 0.5) is 0 Å². The lowest BCUT2D eigenvalue weighted by atomic mass is 9.45. The molecule has 4 atom stereocenters. The Morgan fingerprint density at radius 3 is 2.65 bits per heavy atom. The largest absolute Gasteiger partial charge is 0.508 e. The highest BCUT2D eigenvalue weighted by Gasteiger charge is 2.56. The van der Waals surface area contributed by atoms with E-state index in [0.717, 1.165) is 17.4 Å². The predicted octanol–water partition coefficient (Wildman–Crippen LogP) is 4.30. The molecule has 3 fully saturated rings. The molecule has 0 radical (unpaired) electrons. The maximum Gasteiger partial charge on any atom is 0.116 e. The van der Waals surface area contributed by atoms with Gasteiger partial charge in [-0.15, -0.1) is 12.4 Å². The zero-order valence-electron chi connectivity index (χ0n) is 12.4. The van der Waals surface area contributed by atoms with E-state index in [9.17, 15) is 5.11 Å². The Labute approximate surface area is 127 Å². The van der Waals surface area contributed by atoms with Crippen LogP contribution in [0.1, 0.15) is 39.2 Å². The van der Waals surface area contributed by atoms with Gasteiger partial charge in [0.15, 0.2) is 0 Å². The number of nitrogens with zero attached hydrogens (tertiary/aromatic N) is 1. The number of aromatic hydroxyl groups is 1. The molecule has 2 bridgehead atoms. The minimum atomic E-state index is 0. The van der Waals surface area contributed by atoms with Crippen LogP contribution in [0, 0.1) is 23.2 Å². The molecule has 0 amide bonds. The van der Waals surface area contributed by atoms with Crippen molar-refractivity contribution in [1.29, 1.82) is 0 Å². The Morgan fingerprint density at radius 2 is 2.05 bits per heavy atom. The van der Waals surface area contributed by atoms with Crippen LogP contribution >= 0.6 is 12.4 Å². The number of phenolic OH excluding ortho intramolecular Hbond substituents is 1. The van der Waals surface area contributed by atoms with Gasteiger partial charge in [0.25, 0.3) is 0 Å².